The van der Waals surface area contributed by atoms with Gasteiger partial charge in [0.2, 0.25) is 0 Å². The summed E-state index contributed by atoms with van der Waals surface area (Å²) in [6.07, 6.45) is 3.97. The molecule has 3 rings (SSSR count). The van der Waals surface area contributed by atoms with E-state index in [-0.39, 0.29) is 6.54 Å². The van der Waals surface area contributed by atoms with Crippen molar-refractivity contribution in [2.24, 2.45) is 0 Å². The molecule has 1 aromatic carbocycles. The normalized spacial score (nSPS) is 18.0. The Kier molecular flexibility index (Phi) is 5.81. The molecule has 4 amide bonds. The molecule has 1 heterocycles. The average molecular weight is 388 g/mol. The highest BCUT2D eigenvalue weighted by molar-refractivity contribution is 6.08. The highest BCUT2D eigenvalue weighted by atomic mass is 16.5. The Labute approximate surface area is 162 Å². The van der Waals surface area contributed by atoms with Gasteiger partial charge in [-0.1, -0.05) is 19.3 Å². The quantitative estimate of drug-likeness (QED) is 0.503. The fourth-order valence-electron chi connectivity index (χ4n) is 3.50. The fourth-order valence-corrected chi connectivity index (χ4v) is 3.50. The van der Waals surface area contributed by atoms with Crippen LogP contribution in [0.4, 0.5) is 10.5 Å². The van der Waals surface area contributed by atoms with Gasteiger partial charge < -0.3 is 15.4 Å². The number of rotatable bonds is 6. The Hall–Kier alpha value is -3.10. The first-order chi connectivity index (χ1) is 13.4. The first kappa shape index (κ1) is 19.7. The number of ether oxygens (including phenoxy) is 1. The summed E-state index contributed by atoms with van der Waals surface area (Å²) in [5.41, 5.74) is 2.51. The number of carbonyl (C=O) groups excluding carboxylic acids is 4. The van der Waals surface area contributed by atoms with Gasteiger partial charge in [-0.25, -0.2) is 9.59 Å². The van der Waals surface area contributed by atoms with Crippen LogP contribution in [-0.2, 0) is 14.3 Å². The highest BCUT2D eigenvalue weighted by Gasteiger charge is 2.52. The van der Waals surface area contributed by atoms with Crippen LogP contribution in [0.1, 0.15) is 49.4 Å². The molecule has 0 unspecified atom stereocenters. The van der Waals surface area contributed by atoms with Crippen LogP contribution < -0.4 is 16.1 Å². The maximum atomic E-state index is 12.6. The smallest absolute Gasteiger partial charge is 0.344 e. The summed E-state index contributed by atoms with van der Waals surface area (Å²) < 4.78 is 4.91. The summed E-state index contributed by atoms with van der Waals surface area (Å²) in [6, 6.07) is 5.86. The van der Waals surface area contributed by atoms with Crippen LogP contribution in [0.2, 0.25) is 0 Å². The number of anilines is 1. The predicted molar refractivity (Wildman–Crippen MR) is 100 cm³/mol. The summed E-state index contributed by atoms with van der Waals surface area (Å²) >= 11 is 0. The second kappa shape index (κ2) is 8.28. The van der Waals surface area contributed by atoms with Crippen molar-refractivity contribution < 1.29 is 23.9 Å². The van der Waals surface area contributed by atoms with Crippen molar-refractivity contribution in [2.45, 2.75) is 44.6 Å². The Balaban J connectivity index is 1.52. The van der Waals surface area contributed by atoms with Gasteiger partial charge in [-0.05, 0) is 44.0 Å². The van der Waals surface area contributed by atoms with Crippen LogP contribution in [0.25, 0.3) is 0 Å². The number of hydrazine groups is 1. The molecular formula is C19H24N4O5. The molecule has 1 saturated carbocycles. The third-order valence-corrected chi connectivity index (χ3v) is 4.95. The molecule has 3 N–H and O–H groups in total. The molecule has 9 nitrogen and oxygen atoms in total. The van der Waals surface area contributed by atoms with Crippen LogP contribution in [0.15, 0.2) is 24.3 Å². The molecule has 2 aliphatic rings. The van der Waals surface area contributed by atoms with Crippen molar-refractivity contribution in [1.82, 2.24) is 15.8 Å². The molecule has 0 radical (unpaired) electrons. The van der Waals surface area contributed by atoms with Gasteiger partial charge in [-0.2, -0.15) is 5.01 Å². The van der Waals surface area contributed by atoms with Crippen molar-refractivity contribution >= 4 is 29.5 Å². The highest BCUT2D eigenvalue weighted by Crippen LogP contribution is 2.32. The molecule has 0 aromatic heterocycles. The standard InChI is InChI=1S/C19H24N4O5/c1-2-28-16(25)13-6-8-14(9-7-13)20-12-15(24)22-23-17(26)19(21-18(23)27)10-4-3-5-11-19/h6-9,20H,2-5,10-12H2,1H3,(H,21,27)(H,22,24). The van der Waals surface area contributed by atoms with Crippen molar-refractivity contribution in [3.8, 4) is 0 Å². The van der Waals surface area contributed by atoms with E-state index in [1.807, 2.05) is 0 Å². The van der Waals surface area contributed by atoms with Crippen molar-refractivity contribution in [1.29, 1.82) is 0 Å². The zero-order valence-electron chi connectivity index (χ0n) is 15.7. The maximum Gasteiger partial charge on any atom is 0.344 e. The molecular weight excluding hydrogens is 364 g/mol. The van der Waals surface area contributed by atoms with Crippen LogP contribution in [0, 0.1) is 0 Å². The molecule has 1 aliphatic carbocycles. The second-order valence-electron chi connectivity index (χ2n) is 6.90. The predicted octanol–water partition coefficient (Wildman–Crippen LogP) is 1.56. The van der Waals surface area contributed by atoms with Crippen molar-refractivity contribution in [2.75, 3.05) is 18.5 Å². The first-order valence-electron chi connectivity index (χ1n) is 9.42. The van der Waals surface area contributed by atoms with E-state index >= 15 is 0 Å². The van der Waals surface area contributed by atoms with Crippen LogP contribution in [-0.4, -0.2) is 47.5 Å². The summed E-state index contributed by atoms with van der Waals surface area (Å²) in [7, 11) is 0. The summed E-state index contributed by atoms with van der Waals surface area (Å²) in [6.45, 7) is 1.89. The molecule has 28 heavy (non-hydrogen) atoms. The van der Waals surface area contributed by atoms with Gasteiger partial charge in [0.25, 0.3) is 11.8 Å². The van der Waals surface area contributed by atoms with Gasteiger partial charge in [0, 0.05) is 5.69 Å². The molecule has 1 saturated heterocycles. The molecule has 1 aliphatic heterocycles. The lowest BCUT2D eigenvalue weighted by Crippen LogP contribution is -2.51. The molecule has 2 fully saturated rings. The number of amides is 4. The summed E-state index contributed by atoms with van der Waals surface area (Å²) in [5.74, 6) is -1.34. The number of imide groups is 1. The number of carbonyl (C=O) groups is 4. The third-order valence-electron chi connectivity index (χ3n) is 4.95. The van der Waals surface area contributed by atoms with E-state index in [1.165, 1.54) is 0 Å². The largest absolute Gasteiger partial charge is 0.462 e. The summed E-state index contributed by atoms with van der Waals surface area (Å²) in [4.78, 5) is 48.6. The number of nitrogens with one attached hydrogen (secondary N) is 3. The van der Waals surface area contributed by atoms with Gasteiger partial charge in [0.1, 0.15) is 5.54 Å². The van der Waals surface area contributed by atoms with Gasteiger partial charge in [0.05, 0.1) is 18.7 Å². The number of hydrogen-bond acceptors (Lipinski definition) is 6. The topological polar surface area (TPSA) is 117 Å². The summed E-state index contributed by atoms with van der Waals surface area (Å²) in [5, 5.41) is 6.39. The van der Waals surface area contributed by atoms with E-state index < -0.39 is 29.4 Å². The monoisotopic (exact) mass is 388 g/mol. The van der Waals surface area contributed by atoms with Gasteiger partial charge in [0.15, 0.2) is 0 Å². The molecule has 1 spiro atoms. The number of esters is 1. The lowest BCUT2D eigenvalue weighted by atomic mass is 9.82. The number of hydrogen-bond donors (Lipinski definition) is 3. The average Bonchev–Trinajstić information content (AvgIpc) is 2.91. The number of benzene rings is 1. The van der Waals surface area contributed by atoms with Crippen LogP contribution >= 0.6 is 0 Å². The van der Waals surface area contributed by atoms with E-state index in [9.17, 15) is 19.2 Å². The minimum atomic E-state index is -0.876. The molecule has 0 atom stereocenters. The zero-order chi connectivity index (χ0) is 20.1. The van der Waals surface area contributed by atoms with Crippen LogP contribution in [0.3, 0.4) is 0 Å². The minimum Gasteiger partial charge on any atom is -0.462 e. The van der Waals surface area contributed by atoms with Crippen LogP contribution in [0.5, 0.6) is 0 Å². The van der Waals surface area contributed by atoms with E-state index in [0.29, 0.717) is 30.7 Å². The fraction of sp³-hybridized carbons (Fsp3) is 0.474. The van der Waals surface area contributed by atoms with E-state index in [0.717, 1.165) is 24.3 Å². The van der Waals surface area contributed by atoms with E-state index in [4.69, 9.17) is 4.74 Å². The van der Waals surface area contributed by atoms with E-state index in [2.05, 4.69) is 16.1 Å². The minimum absolute atomic E-state index is 0.136. The number of urea groups is 1. The van der Waals surface area contributed by atoms with Gasteiger partial charge >= 0.3 is 12.0 Å². The van der Waals surface area contributed by atoms with Gasteiger partial charge in [-0.3, -0.25) is 15.0 Å². The van der Waals surface area contributed by atoms with Crippen molar-refractivity contribution in [3.05, 3.63) is 29.8 Å². The molecule has 0 bridgehead atoms. The van der Waals surface area contributed by atoms with Gasteiger partial charge in [-0.15, -0.1) is 0 Å². The molecule has 9 heteroatoms. The number of nitrogens with zero attached hydrogens (tertiary/aromatic N) is 1. The Morgan fingerprint density at radius 1 is 1.14 bits per heavy atom. The lowest BCUT2D eigenvalue weighted by molar-refractivity contribution is -0.139. The Morgan fingerprint density at radius 2 is 1.82 bits per heavy atom. The second-order valence-corrected chi connectivity index (χ2v) is 6.90. The zero-order valence-corrected chi connectivity index (χ0v) is 15.7. The third kappa shape index (κ3) is 4.08. The Morgan fingerprint density at radius 3 is 2.46 bits per heavy atom. The van der Waals surface area contributed by atoms with Crippen molar-refractivity contribution in [3.63, 3.8) is 0 Å². The first-order valence-corrected chi connectivity index (χ1v) is 9.42. The van der Waals surface area contributed by atoms with E-state index in [1.54, 1.807) is 31.2 Å². The Bertz CT molecular complexity index is 771. The maximum absolute atomic E-state index is 12.6. The molecule has 1 aromatic rings. The molecule has 150 valence electrons. The lowest BCUT2D eigenvalue weighted by Gasteiger charge is -2.30. The SMILES string of the molecule is CCOC(=O)c1ccc(NCC(=O)NN2C(=O)NC3(CCCCC3)C2=O)cc1.